The van der Waals surface area contributed by atoms with Crippen LogP contribution >= 0.6 is 0 Å². The maximum atomic E-state index is 13.9. The number of carboxylic acids is 1. The number of guanidine groups is 3. The third-order valence-corrected chi connectivity index (χ3v) is 9.69. The van der Waals surface area contributed by atoms with Gasteiger partial charge in [0, 0.05) is 49.1 Å². The summed E-state index contributed by atoms with van der Waals surface area (Å²) in [5.74, 6) is -4.32. The first kappa shape index (κ1) is 52.3. The highest BCUT2D eigenvalue weighted by Gasteiger charge is 2.25. The Kier molecular flexibility index (Phi) is 22.1. The number of nitrogens with zero attached hydrogens (tertiary/aromatic N) is 1. The van der Waals surface area contributed by atoms with Gasteiger partial charge in [0.15, 0.2) is 23.7 Å². The molecule has 3 aromatic rings. The standard InChI is InChI=1S/C45H60N14O7/c46-35(16-8-24-53-43(47)48)39(62)58-36(17-9-25-54-44(49)50)40(63)56-32-20-22-33(23-21-32)59(41(64)30-13-2-1-3-14-30)28-34(60)27-31-15-5-4-11-29(31)12-6-7-19-38(61)57-37(42(65)66)18-10-26-55-45(51)52/h1-7,11-15,19-23,35-37H,8-10,16-18,24-28,46H2,(H,56,63)(H,57,61)(H,58,62)(H,65,66)(H4,47,48,53)(H4,49,50,54)(H4,51,52,55)/b12-6+,19-7+/t35-,36-,37+/m1/s1. The summed E-state index contributed by atoms with van der Waals surface area (Å²) < 4.78 is 0. The van der Waals surface area contributed by atoms with Crippen LogP contribution in [0.25, 0.3) is 6.08 Å². The smallest absolute Gasteiger partial charge is 0.326 e. The normalized spacial score (nSPS) is 12.3. The van der Waals surface area contributed by atoms with Gasteiger partial charge >= 0.3 is 5.97 Å². The average molecular weight is 909 g/mol. The first-order valence-corrected chi connectivity index (χ1v) is 21.1. The minimum atomic E-state index is -1.20. The van der Waals surface area contributed by atoms with Gasteiger partial charge < -0.3 is 64.8 Å². The average Bonchev–Trinajstić information content (AvgIpc) is 3.28. The lowest BCUT2D eigenvalue weighted by Gasteiger charge is -2.23. The van der Waals surface area contributed by atoms with Crippen LogP contribution in [0.3, 0.4) is 0 Å². The molecule has 3 rings (SSSR count). The molecule has 0 heterocycles. The highest BCUT2D eigenvalue weighted by molar-refractivity contribution is 6.09. The van der Waals surface area contributed by atoms with Crippen molar-refractivity contribution >= 4 is 70.7 Å². The Labute approximate surface area is 382 Å². The molecule has 66 heavy (non-hydrogen) atoms. The molecule has 0 aliphatic rings. The predicted molar refractivity (Wildman–Crippen MR) is 253 cm³/mol. The van der Waals surface area contributed by atoms with Crippen molar-refractivity contribution in [3.8, 4) is 0 Å². The number of nitrogens with two attached hydrogens (primary N) is 4. The van der Waals surface area contributed by atoms with Gasteiger partial charge in [-0.2, -0.15) is 0 Å². The van der Waals surface area contributed by atoms with E-state index in [0.29, 0.717) is 53.9 Å². The molecule has 21 nitrogen and oxygen atoms in total. The van der Waals surface area contributed by atoms with Crippen molar-refractivity contribution in [3.05, 3.63) is 114 Å². The molecule has 0 saturated carbocycles. The maximum Gasteiger partial charge on any atom is 0.326 e. The van der Waals surface area contributed by atoms with Gasteiger partial charge in [-0.05, 0) is 86.1 Å². The topological polar surface area (TPSA) is 374 Å². The van der Waals surface area contributed by atoms with E-state index in [1.807, 2.05) is 0 Å². The van der Waals surface area contributed by atoms with E-state index in [1.165, 1.54) is 17.1 Å². The Morgan fingerprint density at radius 1 is 0.667 bits per heavy atom. The van der Waals surface area contributed by atoms with E-state index < -0.39 is 47.7 Å². The molecule has 352 valence electrons. The fraction of sp³-hybridized carbons (Fsp3) is 0.311. The van der Waals surface area contributed by atoms with E-state index >= 15 is 0 Å². The second-order valence-electron chi connectivity index (χ2n) is 14.9. The second-order valence-corrected chi connectivity index (χ2v) is 14.9. The summed E-state index contributed by atoms with van der Waals surface area (Å²) in [6, 6.07) is 18.8. The number of hydrogen-bond donors (Lipinski definition) is 14. The van der Waals surface area contributed by atoms with Crippen molar-refractivity contribution in [2.75, 3.05) is 36.4 Å². The SMILES string of the molecule is N=C(N)NCCC[C@@H](N)C(=O)N[C@H](CCCNC(=N)N)C(=O)Nc1ccc(N(CC(=O)Cc2ccccc2/C=C/C=C/C(=O)N[C@@H](CCCNC(=N)N)C(=O)O)C(=O)c2ccccc2)cc1. The number of carbonyl (C=O) groups excluding carboxylic acids is 5. The van der Waals surface area contributed by atoms with Crippen LogP contribution in [0, 0.1) is 16.2 Å². The molecule has 3 aromatic carbocycles. The molecule has 0 aromatic heterocycles. The second kappa shape index (κ2) is 27.9. The predicted octanol–water partition coefficient (Wildman–Crippen LogP) is 0.824. The van der Waals surface area contributed by atoms with Crippen LogP contribution in [0.5, 0.6) is 0 Å². The van der Waals surface area contributed by atoms with Crippen LogP contribution in [0.4, 0.5) is 11.4 Å². The molecule has 21 heteroatoms. The summed E-state index contributed by atoms with van der Waals surface area (Å²) >= 11 is 0. The molecule has 0 fully saturated rings. The van der Waals surface area contributed by atoms with Gasteiger partial charge in [0.05, 0.1) is 12.6 Å². The third-order valence-electron chi connectivity index (χ3n) is 9.69. The summed E-state index contributed by atoms with van der Waals surface area (Å²) in [5, 5.41) is 47.1. The summed E-state index contributed by atoms with van der Waals surface area (Å²) in [6.45, 7) is 0.597. The minimum absolute atomic E-state index is 0.0514. The molecule has 0 radical (unpaired) electrons. The van der Waals surface area contributed by atoms with Crippen LogP contribution in [-0.2, 0) is 30.4 Å². The molecule has 0 aliphatic carbocycles. The first-order chi connectivity index (χ1) is 31.5. The largest absolute Gasteiger partial charge is 0.480 e. The Balaban J connectivity index is 1.73. The molecule has 0 aliphatic heterocycles. The first-order valence-electron chi connectivity index (χ1n) is 21.1. The van der Waals surface area contributed by atoms with Crippen molar-refractivity contribution in [2.45, 2.75) is 63.1 Å². The molecule has 3 atom stereocenters. The number of amides is 4. The summed E-state index contributed by atoms with van der Waals surface area (Å²) in [5.41, 5.74) is 24.4. The summed E-state index contributed by atoms with van der Waals surface area (Å²) in [4.78, 5) is 79.7. The molecular weight excluding hydrogens is 849 g/mol. The van der Waals surface area contributed by atoms with Crippen molar-refractivity contribution in [1.29, 1.82) is 16.2 Å². The Bertz CT molecular complexity index is 2220. The van der Waals surface area contributed by atoms with E-state index in [-0.39, 0.29) is 69.0 Å². The van der Waals surface area contributed by atoms with Crippen LogP contribution in [0.15, 0.2) is 97.1 Å². The van der Waals surface area contributed by atoms with E-state index in [1.54, 1.807) is 91.0 Å². The van der Waals surface area contributed by atoms with Crippen LogP contribution in [-0.4, -0.2) is 103 Å². The van der Waals surface area contributed by atoms with Gasteiger partial charge in [-0.15, -0.1) is 0 Å². The van der Waals surface area contributed by atoms with Gasteiger partial charge in [-0.3, -0.25) is 40.2 Å². The van der Waals surface area contributed by atoms with Gasteiger partial charge in [0.2, 0.25) is 17.7 Å². The number of carbonyl (C=O) groups is 6. The van der Waals surface area contributed by atoms with Gasteiger partial charge in [0.1, 0.15) is 12.1 Å². The number of carboxylic acid groups (broad SMARTS) is 1. The van der Waals surface area contributed by atoms with E-state index in [4.69, 9.17) is 39.2 Å². The van der Waals surface area contributed by atoms with Crippen LogP contribution in [0.1, 0.15) is 60.0 Å². The number of nitrogens with one attached hydrogen (secondary N) is 9. The molecule has 18 N–H and O–H groups in total. The molecule has 0 unspecified atom stereocenters. The van der Waals surface area contributed by atoms with Gasteiger partial charge in [0.25, 0.3) is 5.91 Å². The number of hydrogen-bond acceptors (Lipinski definition) is 10. The Morgan fingerprint density at radius 3 is 1.82 bits per heavy atom. The molecule has 0 bridgehead atoms. The number of allylic oxidation sites excluding steroid dienone is 2. The zero-order valence-electron chi connectivity index (χ0n) is 36.5. The number of rotatable bonds is 27. The monoisotopic (exact) mass is 908 g/mol. The van der Waals surface area contributed by atoms with E-state index in [9.17, 15) is 33.9 Å². The minimum Gasteiger partial charge on any atom is -0.480 e. The maximum absolute atomic E-state index is 13.9. The van der Waals surface area contributed by atoms with Crippen LogP contribution < -0.4 is 59.7 Å². The Morgan fingerprint density at radius 2 is 1.23 bits per heavy atom. The number of benzene rings is 3. The van der Waals surface area contributed by atoms with Gasteiger partial charge in [-0.25, -0.2) is 4.79 Å². The lowest BCUT2D eigenvalue weighted by atomic mass is 10.0. The lowest BCUT2D eigenvalue weighted by Crippen LogP contribution is -2.50. The van der Waals surface area contributed by atoms with E-state index in [2.05, 4.69) is 31.9 Å². The number of aliphatic carboxylic acids is 1. The number of ketones is 1. The molecular formula is C45H60N14O7. The van der Waals surface area contributed by atoms with Gasteiger partial charge in [-0.1, -0.05) is 60.7 Å². The molecule has 4 amide bonds. The zero-order chi connectivity index (χ0) is 48.4. The fourth-order valence-corrected chi connectivity index (χ4v) is 6.34. The summed E-state index contributed by atoms with van der Waals surface area (Å²) in [6.07, 6.45) is 7.60. The number of Topliss-reactive ketones (excluding diaryl/α,β-unsaturated/α-hetero) is 1. The zero-order valence-corrected chi connectivity index (χ0v) is 36.5. The quantitative estimate of drug-likeness (QED) is 0.0166. The Hall–Kier alpha value is -8.07. The van der Waals surface area contributed by atoms with Crippen molar-refractivity contribution < 1.29 is 33.9 Å². The number of anilines is 2. The van der Waals surface area contributed by atoms with Crippen molar-refractivity contribution in [2.24, 2.45) is 22.9 Å². The summed E-state index contributed by atoms with van der Waals surface area (Å²) in [7, 11) is 0. The van der Waals surface area contributed by atoms with Crippen LogP contribution in [0.2, 0.25) is 0 Å². The fourth-order valence-electron chi connectivity index (χ4n) is 6.34. The lowest BCUT2D eigenvalue weighted by molar-refractivity contribution is -0.141. The molecule has 0 spiro atoms. The third kappa shape index (κ3) is 19.5. The van der Waals surface area contributed by atoms with Crippen molar-refractivity contribution in [1.82, 2.24) is 26.6 Å². The molecule has 0 saturated heterocycles. The highest BCUT2D eigenvalue weighted by atomic mass is 16.4. The van der Waals surface area contributed by atoms with Crippen molar-refractivity contribution in [3.63, 3.8) is 0 Å². The highest BCUT2D eigenvalue weighted by Crippen LogP contribution is 2.22. The van der Waals surface area contributed by atoms with E-state index in [0.717, 1.165) is 0 Å².